The summed E-state index contributed by atoms with van der Waals surface area (Å²) >= 11 is 7.01. The lowest BCUT2D eigenvalue weighted by Gasteiger charge is -2.18. The molecule has 0 aromatic heterocycles. The smallest absolute Gasteiger partial charge is 0.221 e. The van der Waals surface area contributed by atoms with E-state index in [1.807, 2.05) is 42.5 Å². The number of ether oxygens (including phenoxy) is 1. The van der Waals surface area contributed by atoms with Gasteiger partial charge >= 0.3 is 0 Å². The first-order valence-corrected chi connectivity index (χ1v) is 7.07. The van der Waals surface area contributed by atoms with Gasteiger partial charge in [0.1, 0.15) is 6.61 Å². The van der Waals surface area contributed by atoms with Crippen molar-refractivity contribution in [3.8, 4) is 0 Å². The number of benzene rings is 2. The topological polar surface area (TPSA) is 21.6 Å². The highest BCUT2D eigenvalue weighted by molar-refractivity contribution is 9.11. The van der Waals surface area contributed by atoms with Gasteiger partial charge in [-0.25, -0.2) is 4.99 Å². The van der Waals surface area contributed by atoms with Crippen molar-refractivity contribution in [2.75, 3.05) is 0 Å². The molecule has 0 amide bonds. The maximum Gasteiger partial charge on any atom is 0.221 e. The molecule has 0 saturated heterocycles. The Morgan fingerprint density at radius 2 is 1.79 bits per heavy atom. The average Bonchev–Trinajstić information content (AvgIpc) is 2.39. The molecule has 3 rings (SSSR count). The molecule has 98 valence electrons. The highest BCUT2D eigenvalue weighted by atomic mass is 79.9. The summed E-state index contributed by atoms with van der Waals surface area (Å²) in [6.07, 6.45) is 0. The van der Waals surface area contributed by atoms with Gasteiger partial charge in [0, 0.05) is 20.1 Å². The minimum atomic E-state index is 0. The molecule has 1 aliphatic heterocycles. The van der Waals surface area contributed by atoms with Crippen LogP contribution in [0.1, 0.15) is 11.1 Å². The van der Waals surface area contributed by atoms with Crippen LogP contribution < -0.4 is 0 Å². The maximum absolute atomic E-state index is 5.71. The molecule has 2 aromatic rings. The van der Waals surface area contributed by atoms with Crippen LogP contribution in [0.4, 0.5) is 5.69 Å². The Hall–Kier alpha value is -0.650. The van der Waals surface area contributed by atoms with Gasteiger partial charge in [-0.05, 0) is 40.2 Å². The van der Waals surface area contributed by atoms with Crippen LogP contribution in [-0.4, -0.2) is 5.90 Å². The van der Waals surface area contributed by atoms with Gasteiger partial charge in [0.05, 0.1) is 5.69 Å². The van der Waals surface area contributed by atoms with Gasteiger partial charge in [-0.1, -0.05) is 34.1 Å². The lowest BCUT2D eigenvalue weighted by molar-refractivity contribution is 0.288. The van der Waals surface area contributed by atoms with Crippen LogP contribution in [0.2, 0.25) is 0 Å². The van der Waals surface area contributed by atoms with Crippen LogP contribution in [0, 0.1) is 0 Å². The van der Waals surface area contributed by atoms with Crippen LogP contribution >= 0.6 is 48.8 Å². The van der Waals surface area contributed by atoms with E-state index < -0.39 is 0 Å². The number of nitrogens with zero attached hydrogens (tertiary/aromatic N) is 1. The number of aliphatic imine (C=N–C) groups is 1. The van der Waals surface area contributed by atoms with Gasteiger partial charge in [0.15, 0.2) is 0 Å². The van der Waals surface area contributed by atoms with Gasteiger partial charge in [-0.15, -0.1) is 17.0 Å². The third-order valence-corrected chi connectivity index (χ3v) is 3.77. The summed E-state index contributed by atoms with van der Waals surface area (Å²) in [4.78, 5) is 4.58. The molecule has 0 saturated carbocycles. The van der Waals surface area contributed by atoms with E-state index >= 15 is 0 Å². The second-order valence-corrected chi connectivity index (χ2v) is 5.74. The molecule has 0 unspecified atom stereocenters. The molecule has 0 radical (unpaired) electrons. The molecule has 0 fully saturated rings. The van der Waals surface area contributed by atoms with E-state index in [1.54, 1.807) is 0 Å². The molecule has 1 heterocycles. The fourth-order valence-electron chi connectivity index (χ4n) is 1.86. The average molecular weight is 448 g/mol. The first kappa shape index (κ1) is 14.8. The zero-order valence-corrected chi connectivity index (χ0v) is 14.7. The van der Waals surface area contributed by atoms with E-state index in [0.29, 0.717) is 12.5 Å². The van der Waals surface area contributed by atoms with Crippen molar-refractivity contribution in [3.05, 3.63) is 62.5 Å². The molecule has 5 heteroatoms. The van der Waals surface area contributed by atoms with E-state index in [9.17, 15) is 0 Å². The summed E-state index contributed by atoms with van der Waals surface area (Å²) in [7, 11) is 0. The van der Waals surface area contributed by atoms with E-state index in [1.165, 1.54) is 0 Å². The lowest BCUT2D eigenvalue weighted by Crippen LogP contribution is -2.11. The van der Waals surface area contributed by atoms with Crippen molar-refractivity contribution < 1.29 is 4.74 Å². The molecule has 0 N–H and O–H groups in total. The van der Waals surface area contributed by atoms with Gasteiger partial charge < -0.3 is 4.74 Å². The van der Waals surface area contributed by atoms with Gasteiger partial charge in [0.2, 0.25) is 5.90 Å². The van der Waals surface area contributed by atoms with E-state index in [2.05, 4.69) is 36.9 Å². The zero-order valence-electron chi connectivity index (χ0n) is 9.77. The monoisotopic (exact) mass is 445 g/mol. The fraction of sp³-hybridized carbons (Fsp3) is 0.0714. The molecule has 0 aliphatic carbocycles. The molecule has 2 nitrogen and oxygen atoms in total. The molecule has 0 bridgehead atoms. The normalized spacial score (nSPS) is 12.8. The summed E-state index contributed by atoms with van der Waals surface area (Å²) in [6.45, 7) is 0.543. The largest absolute Gasteiger partial charge is 0.472 e. The van der Waals surface area contributed by atoms with Crippen LogP contribution in [-0.2, 0) is 11.3 Å². The molecule has 1 aliphatic rings. The van der Waals surface area contributed by atoms with Gasteiger partial charge in [-0.2, -0.15) is 0 Å². The number of rotatable bonds is 1. The second-order valence-electron chi connectivity index (χ2n) is 3.97. The Kier molecular flexibility index (Phi) is 4.81. The van der Waals surface area contributed by atoms with Crippen LogP contribution in [0.3, 0.4) is 0 Å². The SMILES string of the molecule is Br.Brc1cc(Br)c2c(c1)COC(c1ccccc1)=N2. The predicted molar refractivity (Wildman–Crippen MR) is 89.6 cm³/mol. The predicted octanol–water partition coefficient (Wildman–Crippen LogP) is 5.40. The van der Waals surface area contributed by atoms with Crippen molar-refractivity contribution in [2.24, 2.45) is 4.99 Å². The molecule has 0 spiro atoms. The molecular formula is C14H10Br3NO. The first-order valence-electron chi connectivity index (χ1n) is 5.49. The van der Waals surface area contributed by atoms with Crippen molar-refractivity contribution in [1.82, 2.24) is 0 Å². The number of halogens is 3. The number of hydrogen-bond acceptors (Lipinski definition) is 2. The summed E-state index contributed by atoms with van der Waals surface area (Å²) < 4.78 is 7.71. The van der Waals surface area contributed by atoms with Gasteiger partial charge in [-0.3, -0.25) is 0 Å². The van der Waals surface area contributed by atoms with Crippen LogP contribution in [0.5, 0.6) is 0 Å². The van der Waals surface area contributed by atoms with Gasteiger partial charge in [0.25, 0.3) is 0 Å². The summed E-state index contributed by atoms with van der Waals surface area (Å²) in [5, 5.41) is 0. The highest BCUT2D eigenvalue weighted by Crippen LogP contribution is 2.36. The standard InChI is InChI=1S/C14H9Br2NO.BrH/c15-11-6-10-8-18-14(9-4-2-1-3-5-9)17-13(10)12(16)7-11;/h1-7H,8H2;1H. The summed E-state index contributed by atoms with van der Waals surface area (Å²) in [6, 6.07) is 14.0. The Labute approximate surface area is 138 Å². The van der Waals surface area contributed by atoms with Crippen LogP contribution in [0.15, 0.2) is 56.4 Å². The molecule has 0 atom stereocenters. The molecule has 19 heavy (non-hydrogen) atoms. The third kappa shape index (κ3) is 3.09. The minimum Gasteiger partial charge on any atom is -0.472 e. The first-order chi connectivity index (χ1) is 8.74. The van der Waals surface area contributed by atoms with E-state index in [4.69, 9.17) is 4.74 Å². The Morgan fingerprint density at radius 1 is 1.05 bits per heavy atom. The minimum absolute atomic E-state index is 0. The van der Waals surface area contributed by atoms with Crippen molar-refractivity contribution in [2.45, 2.75) is 6.61 Å². The van der Waals surface area contributed by atoms with E-state index in [-0.39, 0.29) is 17.0 Å². The number of fused-ring (bicyclic) bond motifs is 1. The molecule has 2 aromatic carbocycles. The zero-order chi connectivity index (χ0) is 12.5. The Bertz CT molecular complexity index is 626. The Morgan fingerprint density at radius 3 is 2.53 bits per heavy atom. The summed E-state index contributed by atoms with van der Waals surface area (Å²) in [5.74, 6) is 0.672. The molecular weight excluding hydrogens is 438 g/mol. The quantitative estimate of drug-likeness (QED) is 0.573. The van der Waals surface area contributed by atoms with Crippen molar-refractivity contribution >= 4 is 60.4 Å². The van der Waals surface area contributed by atoms with E-state index in [0.717, 1.165) is 25.8 Å². The maximum atomic E-state index is 5.71. The lowest BCUT2D eigenvalue weighted by atomic mass is 10.1. The van der Waals surface area contributed by atoms with Crippen molar-refractivity contribution in [3.63, 3.8) is 0 Å². The third-order valence-electron chi connectivity index (χ3n) is 2.71. The van der Waals surface area contributed by atoms with Crippen molar-refractivity contribution in [1.29, 1.82) is 0 Å². The number of hydrogen-bond donors (Lipinski definition) is 0. The summed E-state index contributed by atoms with van der Waals surface area (Å²) in [5.41, 5.74) is 3.03. The second kappa shape index (κ2) is 6.20. The Balaban J connectivity index is 0.00000133. The van der Waals surface area contributed by atoms with Crippen LogP contribution in [0.25, 0.3) is 0 Å². The fourth-order valence-corrected chi connectivity index (χ4v) is 3.27. The highest BCUT2D eigenvalue weighted by Gasteiger charge is 2.17.